The van der Waals surface area contributed by atoms with Crippen LogP contribution < -0.4 is 5.73 Å². The van der Waals surface area contributed by atoms with Crippen LogP contribution in [-0.4, -0.2) is 23.0 Å². The van der Waals surface area contributed by atoms with E-state index < -0.39 is 5.97 Å². The second kappa shape index (κ2) is 4.15. The summed E-state index contributed by atoms with van der Waals surface area (Å²) in [6.07, 6.45) is 0. The fourth-order valence-corrected chi connectivity index (χ4v) is 0.783. The van der Waals surface area contributed by atoms with Crippen molar-refractivity contribution in [2.45, 2.75) is 6.92 Å². The van der Waals surface area contributed by atoms with Crippen LogP contribution in [-0.2, 0) is 4.79 Å². The smallest absolute Gasteiger partial charge is 0.353 e. The Morgan fingerprint density at radius 3 is 2.33 bits per heavy atom. The van der Waals surface area contributed by atoms with Crippen LogP contribution in [0.1, 0.15) is 6.92 Å². The summed E-state index contributed by atoms with van der Waals surface area (Å²) in [7, 11) is 1.67. The molecule has 0 fully saturated rings. The van der Waals surface area contributed by atoms with Crippen molar-refractivity contribution in [1.82, 2.24) is 4.90 Å². The van der Waals surface area contributed by atoms with Crippen LogP contribution in [0.5, 0.6) is 0 Å². The summed E-state index contributed by atoms with van der Waals surface area (Å²) in [5.41, 5.74) is 5.54. The fraction of sp³-hybridized carbons (Fsp3) is 0.286. The molecule has 0 aliphatic heterocycles. The molecule has 0 spiro atoms. The third-order valence-electron chi connectivity index (χ3n) is 1.49. The Kier molecular flexibility index (Phi) is 3.82. The average molecular weight is 235 g/mol. The predicted molar refractivity (Wildman–Crippen MR) is 50.4 cm³/mol. The van der Waals surface area contributed by atoms with Gasteiger partial charge in [-0.15, -0.1) is 0 Å². The molecule has 0 aromatic heterocycles. The van der Waals surface area contributed by atoms with Gasteiger partial charge in [-0.05, 0) is 22.9 Å². The zero-order valence-electron chi connectivity index (χ0n) is 6.97. The lowest BCUT2D eigenvalue weighted by molar-refractivity contribution is -0.132. The molecule has 4 nitrogen and oxygen atoms in total. The molecule has 0 aromatic carbocycles. The maximum Gasteiger partial charge on any atom is 0.353 e. The normalized spacial score (nSPS) is 11.9. The van der Waals surface area contributed by atoms with Gasteiger partial charge >= 0.3 is 5.97 Å². The van der Waals surface area contributed by atoms with Gasteiger partial charge in [0.15, 0.2) is 0 Å². The van der Waals surface area contributed by atoms with E-state index in [0.717, 1.165) is 0 Å². The minimum absolute atomic E-state index is 0.182. The molecule has 68 valence electrons. The highest BCUT2D eigenvalue weighted by molar-refractivity contribution is 9.11. The molecule has 0 aliphatic carbocycles. The number of nitrogens with zero attached hydrogens (tertiary/aromatic N) is 1. The molecule has 12 heavy (non-hydrogen) atoms. The molecule has 0 aromatic rings. The van der Waals surface area contributed by atoms with Crippen molar-refractivity contribution in [1.29, 1.82) is 0 Å². The van der Waals surface area contributed by atoms with E-state index in [0.29, 0.717) is 10.3 Å². The van der Waals surface area contributed by atoms with E-state index in [4.69, 9.17) is 10.8 Å². The van der Waals surface area contributed by atoms with Crippen LogP contribution in [0.3, 0.4) is 0 Å². The third-order valence-corrected chi connectivity index (χ3v) is 2.02. The average Bonchev–Trinajstić information content (AvgIpc) is 2.00. The standard InChI is InChI=1S/C7H11BrN2O2/c1-4(6(9)7(11)12)10(3)5(2)8/h2,9H2,1,3H3,(H,11,12)/b6-4-. The summed E-state index contributed by atoms with van der Waals surface area (Å²) >= 11 is 3.11. The molecular weight excluding hydrogens is 224 g/mol. The Balaban J connectivity index is 4.78. The van der Waals surface area contributed by atoms with Gasteiger partial charge in [0.2, 0.25) is 0 Å². The molecule has 0 atom stereocenters. The maximum atomic E-state index is 10.4. The molecule has 5 heteroatoms. The lowest BCUT2D eigenvalue weighted by atomic mass is 10.3. The second-order valence-electron chi connectivity index (χ2n) is 2.24. The van der Waals surface area contributed by atoms with Crippen LogP contribution >= 0.6 is 15.9 Å². The third kappa shape index (κ3) is 2.58. The number of hydrogen-bond acceptors (Lipinski definition) is 3. The zero-order valence-corrected chi connectivity index (χ0v) is 8.55. The van der Waals surface area contributed by atoms with Gasteiger partial charge in [-0.1, -0.05) is 6.58 Å². The van der Waals surface area contributed by atoms with Gasteiger partial charge in [-0.2, -0.15) is 0 Å². The largest absolute Gasteiger partial charge is 0.477 e. The Labute approximate surface area is 79.5 Å². The van der Waals surface area contributed by atoms with Gasteiger partial charge in [0, 0.05) is 12.7 Å². The fourth-order valence-electron chi connectivity index (χ4n) is 0.517. The number of hydrogen-bond donors (Lipinski definition) is 2. The Hall–Kier alpha value is -0.970. The van der Waals surface area contributed by atoms with E-state index in [-0.39, 0.29) is 5.70 Å². The zero-order chi connectivity index (χ0) is 9.89. The van der Waals surface area contributed by atoms with Crippen molar-refractivity contribution in [2.75, 3.05) is 7.05 Å². The van der Waals surface area contributed by atoms with Crippen LogP contribution in [0.4, 0.5) is 0 Å². The monoisotopic (exact) mass is 234 g/mol. The summed E-state index contributed by atoms with van der Waals surface area (Å²) in [4.78, 5) is 12.0. The Morgan fingerprint density at radius 1 is 1.67 bits per heavy atom. The number of halogens is 1. The van der Waals surface area contributed by atoms with Gasteiger partial charge in [-0.25, -0.2) is 4.79 Å². The molecular formula is C7H11BrN2O2. The highest BCUT2D eigenvalue weighted by Crippen LogP contribution is 2.14. The van der Waals surface area contributed by atoms with Crippen molar-refractivity contribution in [2.24, 2.45) is 5.73 Å². The van der Waals surface area contributed by atoms with Crippen molar-refractivity contribution in [3.63, 3.8) is 0 Å². The molecule has 0 aliphatic rings. The van der Waals surface area contributed by atoms with Crippen LogP contribution in [0.2, 0.25) is 0 Å². The summed E-state index contributed by atoms with van der Waals surface area (Å²) in [5, 5.41) is 8.53. The van der Waals surface area contributed by atoms with Crippen molar-refractivity contribution in [3.05, 3.63) is 22.6 Å². The first-order valence-electron chi connectivity index (χ1n) is 3.15. The Bertz CT molecular complexity index is 248. The molecule has 3 N–H and O–H groups in total. The van der Waals surface area contributed by atoms with E-state index in [2.05, 4.69) is 22.5 Å². The number of carboxylic acids is 1. The van der Waals surface area contributed by atoms with Crippen molar-refractivity contribution < 1.29 is 9.90 Å². The predicted octanol–water partition coefficient (Wildman–Crippen LogP) is 1.06. The number of aliphatic carboxylic acids is 1. The van der Waals surface area contributed by atoms with Gasteiger partial charge in [0.1, 0.15) is 5.70 Å². The van der Waals surface area contributed by atoms with Gasteiger partial charge in [-0.3, -0.25) is 0 Å². The summed E-state index contributed by atoms with van der Waals surface area (Å²) in [6.45, 7) is 5.18. The molecule has 0 radical (unpaired) electrons. The molecule has 0 amide bonds. The van der Waals surface area contributed by atoms with E-state index in [1.807, 2.05) is 0 Å². The number of nitrogens with two attached hydrogens (primary N) is 1. The SMILES string of the molecule is C=C(Br)N(C)/C(C)=C(\N)C(=O)O. The van der Waals surface area contributed by atoms with Gasteiger partial charge < -0.3 is 15.7 Å². The summed E-state index contributed by atoms with van der Waals surface area (Å²) in [6, 6.07) is 0. The lowest BCUT2D eigenvalue weighted by Crippen LogP contribution is -2.21. The van der Waals surface area contributed by atoms with Crippen LogP contribution in [0.25, 0.3) is 0 Å². The molecule has 0 rings (SSSR count). The second-order valence-corrected chi connectivity index (χ2v) is 3.15. The molecule has 0 saturated heterocycles. The van der Waals surface area contributed by atoms with Crippen LogP contribution in [0, 0.1) is 0 Å². The van der Waals surface area contributed by atoms with E-state index in [1.54, 1.807) is 18.9 Å². The Morgan fingerprint density at radius 2 is 2.08 bits per heavy atom. The summed E-state index contributed by atoms with van der Waals surface area (Å²) in [5.74, 6) is -1.13. The number of carbonyl (C=O) groups is 1. The topological polar surface area (TPSA) is 66.6 Å². The maximum absolute atomic E-state index is 10.4. The number of rotatable bonds is 3. The first-order chi connectivity index (χ1) is 5.37. The first kappa shape index (κ1) is 11.0. The van der Waals surface area contributed by atoms with Gasteiger partial charge in [0.05, 0.1) is 4.61 Å². The quantitative estimate of drug-likeness (QED) is 0.567. The highest BCUT2D eigenvalue weighted by atomic mass is 79.9. The van der Waals surface area contributed by atoms with Gasteiger partial charge in [0.25, 0.3) is 0 Å². The molecule has 0 saturated carbocycles. The number of allylic oxidation sites excluding steroid dienone is 1. The van der Waals surface area contributed by atoms with E-state index >= 15 is 0 Å². The van der Waals surface area contributed by atoms with E-state index in [1.165, 1.54) is 0 Å². The summed E-state index contributed by atoms with van der Waals surface area (Å²) < 4.78 is 0.559. The van der Waals surface area contributed by atoms with Crippen LogP contribution in [0.15, 0.2) is 22.6 Å². The van der Waals surface area contributed by atoms with Crippen molar-refractivity contribution >= 4 is 21.9 Å². The number of carboxylic acid groups (broad SMARTS) is 1. The minimum Gasteiger partial charge on any atom is -0.477 e. The van der Waals surface area contributed by atoms with E-state index in [9.17, 15) is 4.79 Å². The van der Waals surface area contributed by atoms with Crippen molar-refractivity contribution in [3.8, 4) is 0 Å². The lowest BCUT2D eigenvalue weighted by Gasteiger charge is -2.18. The minimum atomic E-state index is -1.13. The highest BCUT2D eigenvalue weighted by Gasteiger charge is 2.10. The molecule has 0 heterocycles. The molecule has 0 unspecified atom stereocenters. The first-order valence-corrected chi connectivity index (χ1v) is 3.95. The molecule has 0 bridgehead atoms.